The molecule has 0 unspecified atom stereocenters. The van der Waals surface area contributed by atoms with Crippen molar-refractivity contribution in [3.05, 3.63) is 40.4 Å². The second-order valence-electron chi connectivity index (χ2n) is 6.52. The molecule has 7 heteroatoms. The Morgan fingerprint density at radius 3 is 2.92 bits per heavy atom. The number of hydrogen-bond donors (Lipinski definition) is 2. The fourth-order valence-corrected chi connectivity index (χ4v) is 4.48. The fraction of sp³-hybridized carbons (Fsp3) is 0.263. The average Bonchev–Trinajstić information content (AvgIpc) is 3.24. The van der Waals surface area contributed by atoms with E-state index in [-0.39, 0.29) is 12.7 Å². The van der Waals surface area contributed by atoms with Crippen LogP contribution in [0.2, 0.25) is 0 Å². The molecule has 1 aromatic carbocycles. The van der Waals surface area contributed by atoms with Crippen molar-refractivity contribution in [1.82, 2.24) is 4.98 Å². The SMILES string of the molecule is Nc1c(C(=O)Nc2ccc3c(c2)OCO3)sc2nc3c(cc12)CCCC3. The smallest absolute Gasteiger partial charge is 0.267 e. The van der Waals surface area contributed by atoms with Gasteiger partial charge in [0.15, 0.2) is 11.5 Å². The van der Waals surface area contributed by atoms with Gasteiger partial charge in [0, 0.05) is 22.8 Å². The number of pyridine rings is 1. The number of thiophene rings is 1. The van der Waals surface area contributed by atoms with E-state index in [1.165, 1.54) is 29.7 Å². The predicted octanol–water partition coefficient (Wildman–Crippen LogP) is 3.74. The number of nitrogens with zero attached hydrogens (tertiary/aromatic N) is 1. The van der Waals surface area contributed by atoms with Crippen molar-refractivity contribution in [3.8, 4) is 11.5 Å². The molecule has 26 heavy (non-hydrogen) atoms. The first kappa shape index (κ1) is 15.5. The van der Waals surface area contributed by atoms with Crippen LogP contribution in [-0.2, 0) is 12.8 Å². The summed E-state index contributed by atoms with van der Waals surface area (Å²) >= 11 is 1.35. The van der Waals surface area contributed by atoms with Crippen LogP contribution in [0.15, 0.2) is 24.3 Å². The fourth-order valence-electron chi connectivity index (χ4n) is 3.49. The number of nitrogen functional groups attached to an aromatic ring is 1. The minimum atomic E-state index is -0.234. The lowest BCUT2D eigenvalue weighted by Crippen LogP contribution is -2.11. The van der Waals surface area contributed by atoms with Gasteiger partial charge in [-0.1, -0.05) is 0 Å². The lowest BCUT2D eigenvalue weighted by Gasteiger charge is -2.14. The molecular weight excluding hydrogens is 350 g/mol. The van der Waals surface area contributed by atoms with Crippen LogP contribution < -0.4 is 20.5 Å². The zero-order valence-electron chi connectivity index (χ0n) is 14.0. The van der Waals surface area contributed by atoms with Crippen molar-refractivity contribution in [2.45, 2.75) is 25.7 Å². The van der Waals surface area contributed by atoms with Crippen LogP contribution >= 0.6 is 11.3 Å². The number of nitrogens with one attached hydrogen (secondary N) is 1. The summed E-state index contributed by atoms with van der Waals surface area (Å²) in [5.74, 6) is 1.07. The molecule has 2 aromatic heterocycles. The van der Waals surface area contributed by atoms with Gasteiger partial charge in [-0.3, -0.25) is 4.79 Å². The van der Waals surface area contributed by atoms with E-state index in [1.807, 2.05) is 0 Å². The minimum absolute atomic E-state index is 0.201. The Labute approximate surface area is 153 Å². The monoisotopic (exact) mass is 367 g/mol. The Morgan fingerprint density at radius 1 is 1.15 bits per heavy atom. The topological polar surface area (TPSA) is 86.5 Å². The summed E-state index contributed by atoms with van der Waals surface area (Å²) in [4.78, 5) is 18.8. The van der Waals surface area contributed by atoms with Gasteiger partial charge < -0.3 is 20.5 Å². The van der Waals surface area contributed by atoms with Crippen molar-refractivity contribution < 1.29 is 14.3 Å². The Morgan fingerprint density at radius 2 is 2.00 bits per heavy atom. The Balaban J connectivity index is 1.48. The highest BCUT2D eigenvalue weighted by Crippen LogP contribution is 2.37. The third kappa shape index (κ3) is 2.47. The molecule has 1 aliphatic carbocycles. The zero-order valence-corrected chi connectivity index (χ0v) is 14.8. The number of amides is 1. The quantitative estimate of drug-likeness (QED) is 0.721. The molecule has 132 valence electrons. The van der Waals surface area contributed by atoms with Crippen LogP contribution in [0.25, 0.3) is 10.2 Å². The normalized spacial score (nSPS) is 15.1. The summed E-state index contributed by atoms with van der Waals surface area (Å²) in [6.45, 7) is 0.201. The number of benzene rings is 1. The second-order valence-corrected chi connectivity index (χ2v) is 7.52. The third-order valence-electron chi connectivity index (χ3n) is 4.84. The number of carbonyl (C=O) groups excluding carboxylic acids is 1. The van der Waals surface area contributed by atoms with E-state index in [1.54, 1.807) is 18.2 Å². The highest BCUT2D eigenvalue weighted by molar-refractivity contribution is 7.21. The predicted molar refractivity (Wildman–Crippen MR) is 101 cm³/mol. The molecule has 0 radical (unpaired) electrons. The lowest BCUT2D eigenvalue weighted by atomic mass is 9.95. The molecule has 1 amide bonds. The maximum atomic E-state index is 12.7. The van der Waals surface area contributed by atoms with Crippen molar-refractivity contribution in [3.63, 3.8) is 0 Å². The van der Waals surface area contributed by atoms with Crippen molar-refractivity contribution in [1.29, 1.82) is 0 Å². The number of fused-ring (bicyclic) bond motifs is 3. The number of hydrogen-bond acceptors (Lipinski definition) is 6. The minimum Gasteiger partial charge on any atom is -0.454 e. The van der Waals surface area contributed by atoms with Gasteiger partial charge >= 0.3 is 0 Å². The zero-order chi connectivity index (χ0) is 17.7. The summed E-state index contributed by atoms with van der Waals surface area (Å²) in [5, 5.41) is 3.77. The van der Waals surface area contributed by atoms with E-state index in [2.05, 4.69) is 11.4 Å². The molecular formula is C19H17N3O3S. The maximum absolute atomic E-state index is 12.7. The molecule has 6 nitrogen and oxygen atoms in total. The number of carbonyl (C=O) groups is 1. The highest BCUT2D eigenvalue weighted by Gasteiger charge is 2.21. The van der Waals surface area contributed by atoms with Gasteiger partial charge in [0.25, 0.3) is 5.91 Å². The van der Waals surface area contributed by atoms with E-state index >= 15 is 0 Å². The van der Waals surface area contributed by atoms with E-state index in [4.69, 9.17) is 20.2 Å². The van der Waals surface area contributed by atoms with Crippen LogP contribution in [-0.4, -0.2) is 17.7 Å². The summed E-state index contributed by atoms with van der Waals surface area (Å²) in [6.07, 6.45) is 4.39. The first-order valence-corrected chi connectivity index (χ1v) is 9.42. The average molecular weight is 367 g/mol. The number of aromatic nitrogens is 1. The first-order valence-electron chi connectivity index (χ1n) is 8.61. The van der Waals surface area contributed by atoms with E-state index in [0.29, 0.717) is 27.8 Å². The number of ether oxygens (including phenoxy) is 2. The second kappa shape index (κ2) is 5.88. The summed E-state index contributed by atoms with van der Waals surface area (Å²) in [5.41, 5.74) is 9.83. The van der Waals surface area contributed by atoms with Crippen molar-refractivity contribution in [2.24, 2.45) is 0 Å². The molecule has 0 saturated heterocycles. The molecule has 5 rings (SSSR count). The molecule has 2 aliphatic rings. The van der Waals surface area contributed by atoms with Gasteiger partial charge in [0.2, 0.25) is 6.79 Å². The largest absolute Gasteiger partial charge is 0.454 e. The Kier molecular flexibility index (Phi) is 3.49. The molecule has 3 heterocycles. The van der Waals surface area contributed by atoms with Crippen LogP contribution in [0, 0.1) is 0 Å². The van der Waals surface area contributed by atoms with Crippen LogP contribution in [0.5, 0.6) is 11.5 Å². The molecule has 0 fully saturated rings. The molecule has 1 aliphatic heterocycles. The first-order chi connectivity index (χ1) is 12.7. The summed E-state index contributed by atoms with van der Waals surface area (Å²) in [7, 11) is 0. The van der Waals surface area contributed by atoms with Gasteiger partial charge in [-0.15, -0.1) is 11.3 Å². The molecule has 0 spiro atoms. The van der Waals surface area contributed by atoms with E-state index in [0.717, 1.165) is 28.8 Å². The lowest BCUT2D eigenvalue weighted by molar-refractivity contribution is 0.103. The van der Waals surface area contributed by atoms with Gasteiger partial charge in [0.05, 0.1) is 5.69 Å². The standard InChI is InChI=1S/C19H17N3O3S/c20-16-12-7-10-3-1-2-4-13(10)22-19(12)26-17(16)18(23)21-11-5-6-14-15(8-11)25-9-24-14/h5-8H,1-4,9,20H2,(H,21,23). The van der Waals surface area contributed by atoms with Gasteiger partial charge in [-0.05, 0) is 49.4 Å². The summed E-state index contributed by atoms with van der Waals surface area (Å²) < 4.78 is 10.6. The molecule has 0 atom stereocenters. The molecule has 3 aromatic rings. The van der Waals surface area contributed by atoms with Crippen molar-refractivity contribution >= 4 is 38.8 Å². The van der Waals surface area contributed by atoms with Crippen LogP contribution in [0.3, 0.4) is 0 Å². The van der Waals surface area contributed by atoms with Gasteiger partial charge in [-0.2, -0.15) is 0 Å². The van der Waals surface area contributed by atoms with Crippen LogP contribution in [0.4, 0.5) is 11.4 Å². The third-order valence-corrected chi connectivity index (χ3v) is 5.95. The molecule has 0 saturated carbocycles. The van der Waals surface area contributed by atoms with Gasteiger partial charge in [0.1, 0.15) is 9.71 Å². The van der Waals surface area contributed by atoms with E-state index in [9.17, 15) is 4.79 Å². The Bertz CT molecular complexity index is 1040. The number of anilines is 2. The highest BCUT2D eigenvalue weighted by atomic mass is 32.1. The van der Waals surface area contributed by atoms with E-state index < -0.39 is 0 Å². The number of nitrogens with two attached hydrogens (primary N) is 1. The Hall–Kier alpha value is -2.80. The maximum Gasteiger partial charge on any atom is 0.267 e. The van der Waals surface area contributed by atoms with Gasteiger partial charge in [-0.25, -0.2) is 4.98 Å². The van der Waals surface area contributed by atoms with Crippen molar-refractivity contribution in [2.75, 3.05) is 17.8 Å². The van der Waals surface area contributed by atoms with Crippen LogP contribution in [0.1, 0.15) is 33.8 Å². The number of aryl methyl sites for hydroxylation is 2. The molecule has 3 N–H and O–H groups in total. The summed E-state index contributed by atoms with van der Waals surface area (Å²) in [6, 6.07) is 7.43. The number of rotatable bonds is 2. The molecule has 0 bridgehead atoms.